The summed E-state index contributed by atoms with van der Waals surface area (Å²) in [7, 11) is -2.04. The van der Waals surface area contributed by atoms with E-state index in [1.54, 1.807) is 13.0 Å². The van der Waals surface area contributed by atoms with Gasteiger partial charge in [0.05, 0.1) is 17.0 Å². The Morgan fingerprint density at radius 2 is 2.23 bits per heavy atom. The van der Waals surface area contributed by atoms with Crippen LogP contribution in [0.1, 0.15) is 24.8 Å². The number of hydrogen-bond acceptors (Lipinski definition) is 4. The molecule has 1 aliphatic heterocycles. The number of nitrogens with one attached hydrogen (secondary N) is 2. The SMILES string of the molecule is COc1cc(C)c(S(=O)(=O)NCCC2CCCNC2)cc1Cl. The fourth-order valence-corrected chi connectivity index (χ4v) is 4.33. The zero-order valence-corrected chi connectivity index (χ0v) is 14.6. The third-order valence-electron chi connectivity index (χ3n) is 3.98. The van der Waals surface area contributed by atoms with Gasteiger partial charge in [-0.05, 0) is 62.9 Å². The highest BCUT2D eigenvalue weighted by molar-refractivity contribution is 7.89. The zero-order chi connectivity index (χ0) is 16.2. The molecule has 1 aromatic rings. The van der Waals surface area contributed by atoms with Gasteiger partial charge in [0.15, 0.2) is 0 Å². The molecular formula is C15H23ClN2O3S. The summed E-state index contributed by atoms with van der Waals surface area (Å²) >= 11 is 6.04. The highest BCUT2D eigenvalue weighted by Gasteiger charge is 2.20. The molecule has 0 bridgehead atoms. The summed E-state index contributed by atoms with van der Waals surface area (Å²) in [5.41, 5.74) is 0.619. The smallest absolute Gasteiger partial charge is 0.240 e. The number of ether oxygens (including phenoxy) is 1. The van der Waals surface area contributed by atoms with Gasteiger partial charge in [0.1, 0.15) is 5.75 Å². The topological polar surface area (TPSA) is 67.4 Å². The maximum atomic E-state index is 12.4. The fraction of sp³-hybridized carbons (Fsp3) is 0.600. The summed E-state index contributed by atoms with van der Waals surface area (Å²) in [6, 6.07) is 3.09. The highest BCUT2D eigenvalue weighted by Crippen LogP contribution is 2.30. The second-order valence-electron chi connectivity index (χ2n) is 5.65. The van der Waals surface area contributed by atoms with Crippen LogP contribution in [0, 0.1) is 12.8 Å². The first-order chi connectivity index (χ1) is 10.4. The van der Waals surface area contributed by atoms with Gasteiger partial charge in [-0.25, -0.2) is 13.1 Å². The molecular weight excluding hydrogens is 324 g/mol. The van der Waals surface area contributed by atoms with E-state index in [1.165, 1.54) is 13.2 Å². The van der Waals surface area contributed by atoms with Gasteiger partial charge in [-0.15, -0.1) is 0 Å². The summed E-state index contributed by atoms with van der Waals surface area (Å²) in [5, 5.41) is 3.63. The monoisotopic (exact) mass is 346 g/mol. The Hall–Kier alpha value is -0.820. The van der Waals surface area contributed by atoms with Crippen LogP contribution in [-0.2, 0) is 10.0 Å². The molecule has 1 aliphatic rings. The van der Waals surface area contributed by atoms with E-state index < -0.39 is 10.0 Å². The van der Waals surface area contributed by atoms with E-state index in [2.05, 4.69) is 10.0 Å². The second-order valence-corrected chi connectivity index (χ2v) is 7.79. The molecule has 0 spiro atoms. The van der Waals surface area contributed by atoms with Gasteiger partial charge in [0.2, 0.25) is 10.0 Å². The molecule has 0 amide bonds. The fourth-order valence-electron chi connectivity index (χ4n) is 2.73. The molecule has 2 rings (SSSR count). The molecule has 5 nitrogen and oxygen atoms in total. The summed E-state index contributed by atoms with van der Waals surface area (Å²) in [5.74, 6) is 1.02. The van der Waals surface area contributed by atoms with E-state index in [9.17, 15) is 8.42 Å². The lowest BCUT2D eigenvalue weighted by Crippen LogP contribution is -2.33. The van der Waals surface area contributed by atoms with Crippen LogP contribution in [-0.4, -0.2) is 35.2 Å². The van der Waals surface area contributed by atoms with E-state index in [0.717, 1.165) is 32.4 Å². The van der Waals surface area contributed by atoms with Gasteiger partial charge in [-0.2, -0.15) is 0 Å². The van der Waals surface area contributed by atoms with Crippen molar-refractivity contribution in [3.63, 3.8) is 0 Å². The molecule has 7 heteroatoms. The number of aryl methyl sites for hydroxylation is 1. The molecule has 1 saturated heterocycles. The predicted octanol–water partition coefficient (Wildman–Crippen LogP) is 2.33. The highest BCUT2D eigenvalue weighted by atomic mass is 35.5. The van der Waals surface area contributed by atoms with E-state index in [4.69, 9.17) is 16.3 Å². The maximum Gasteiger partial charge on any atom is 0.240 e. The third kappa shape index (κ3) is 4.35. The number of rotatable bonds is 6. The lowest BCUT2D eigenvalue weighted by atomic mass is 9.96. The van der Waals surface area contributed by atoms with Gasteiger partial charge in [-0.3, -0.25) is 0 Å². The van der Waals surface area contributed by atoms with E-state index >= 15 is 0 Å². The van der Waals surface area contributed by atoms with Gasteiger partial charge < -0.3 is 10.1 Å². The number of hydrogen-bond donors (Lipinski definition) is 2. The Bertz CT molecular complexity index is 613. The van der Waals surface area contributed by atoms with Gasteiger partial charge in [0.25, 0.3) is 0 Å². The van der Waals surface area contributed by atoms with Gasteiger partial charge in [0, 0.05) is 6.54 Å². The first kappa shape index (κ1) is 17.5. The van der Waals surface area contributed by atoms with Crippen LogP contribution in [0.2, 0.25) is 5.02 Å². The number of halogens is 1. The summed E-state index contributed by atoms with van der Waals surface area (Å²) in [4.78, 5) is 0.208. The molecule has 1 heterocycles. The number of sulfonamides is 1. The van der Waals surface area contributed by atoms with Crippen molar-refractivity contribution < 1.29 is 13.2 Å². The van der Waals surface area contributed by atoms with E-state index in [1.807, 2.05) is 0 Å². The Balaban J connectivity index is 2.02. The molecule has 0 saturated carbocycles. The minimum absolute atomic E-state index is 0.208. The molecule has 1 unspecified atom stereocenters. The molecule has 0 aromatic heterocycles. The summed E-state index contributed by atoms with van der Waals surface area (Å²) in [6.45, 7) is 4.21. The number of benzene rings is 1. The minimum Gasteiger partial charge on any atom is -0.495 e. The van der Waals surface area contributed by atoms with Crippen molar-refractivity contribution in [2.45, 2.75) is 31.1 Å². The molecule has 1 atom stereocenters. The Morgan fingerprint density at radius 3 is 2.86 bits per heavy atom. The van der Waals surface area contributed by atoms with Crippen LogP contribution in [0.5, 0.6) is 5.75 Å². The van der Waals surface area contributed by atoms with Crippen molar-refractivity contribution in [3.05, 3.63) is 22.7 Å². The lowest BCUT2D eigenvalue weighted by molar-refractivity contribution is 0.358. The maximum absolute atomic E-state index is 12.4. The van der Waals surface area contributed by atoms with Crippen LogP contribution < -0.4 is 14.8 Å². The minimum atomic E-state index is -3.55. The molecule has 124 valence electrons. The molecule has 2 N–H and O–H groups in total. The Kier molecular flexibility index (Phi) is 6.09. The summed E-state index contributed by atoms with van der Waals surface area (Å²) in [6.07, 6.45) is 3.15. The van der Waals surface area contributed by atoms with Crippen molar-refractivity contribution in [1.29, 1.82) is 0 Å². The second kappa shape index (κ2) is 7.64. The van der Waals surface area contributed by atoms with E-state index in [0.29, 0.717) is 28.8 Å². The normalized spacial score (nSPS) is 19.1. The first-order valence-electron chi connectivity index (χ1n) is 7.48. The molecule has 1 fully saturated rings. The van der Waals surface area contributed by atoms with Gasteiger partial charge >= 0.3 is 0 Å². The van der Waals surface area contributed by atoms with Crippen LogP contribution in [0.25, 0.3) is 0 Å². The Labute approximate surface area is 137 Å². The zero-order valence-electron chi connectivity index (χ0n) is 13.0. The van der Waals surface area contributed by atoms with Crippen LogP contribution in [0.4, 0.5) is 0 Å². The third-order valence-corrected chi connectivity index (χ3v) is 5.88. The molecule has 0 radical (unpaired) electrons. The first-order valence-corrected chi connectivity index (χ1v) is 9.34. The van der Waals surface area contributed by atoms with Crippen LogP contribution in [0.15, 0.2) is 17.0 Å². The average Bonchev–Trinajstić information content (AvgIpc) is 2.50. The average molecular weight is 347 g/mol. The van der Waals surface area contributed by atoms with Crippen molar-refractivity contribution in [3.8, 4) is 5.75 Å². The lowest BCUT2D eigenvalue weighted by Gasteiger charge is -2.22. The van der Waals surface area contributed by atoms with Crippen molar-refractivity contribution in [2.24, 2.45) is 5.92 Å². The van der Waals surface area contributed by atoms with Crippen LogP contribution >= 0.6 is 11.6 Å². The van der Waals surface area contributed by atoms with Crippen molar-refractivity contribution >= 4 is 21.6 Å². The number of piperidine rings is 1. The van der Waals surface area contributed by atoms with Crippen molar-refractivity contribution in [1.82, 2.24) is 10.0 Å². The number of methoxy groups -OCH3 is 1. The summed E-state index contributed by atoms with van der Waals surface area (Å²) < 4.78 is 32.6. The van der Waals surface area contributed by atoms with E-state index in [-0.39, 0.29) is 4.90 Å². The quantitative estimate of drug-likeness (QED) is 0.829. The Morgan fingerprint density at radius 1 is 1.45 bits per heavy atom. The standard InChI is InChI=1S/C15H23ClN2O3S/c1-11-8-14(21-2)13(16)9-15(11)22(19,20)18-7-5-12-4-3-6-17-10-12/h8-9,12,17-18H,3-7,10H2,1-2H3. The van der Waals surface area contributed by atoms with Crippen LogP contribution in [0.3, 0.4) is 0 Å². The largest absolute Gasteiger partial charge is 0.495 e. The van der Waals surface area contributed by atoms with Gasteiger partial charge in [-0.1, -0.05) is 11.6 Å². The van der Waals surface area contributed by atoms with Crippen molar-refractivity contribution in [2.75, 3.05) is 26.7 Å². The predicted molar refractivity (Wildman–Crippen MR) is 88.1 cm³/mol. The molecule has 1 aromatic carbocycles. The molecule has 22 heavy (non-hydrogen) atoms. The molecule has 0 aliphatic carbocycles.